The molecule has 5 nitrogen and oxygen atoms in total. The van der Waals surface area contributed by atoms with E-state index >= 15 is 0 Å². The maximum atomic E-state index is 11.6. The highest BCUT2D eigenvalue weighted by atomic mass is 79.9. The number of amides is 2. The topological polar surface area (TPSA) is 77.1 Å². The van der Waals surface area contributed by atoms with Gasteiger partial charge >= 0.3 is 0 Å². The Morgan fingerprint density at radius 3 is 2.80 bits per heavy atom. The molecule has 15 heavy (non-hydrogen) atoms. The Hall–Kier alpha value is -1.30. The Morgan fingerprint density at radius 1 is 1.60 bits per heavy atom. The number of nitrogens with one attached hydrogen (secondary N) is 1. The zero-order valence-electron chi connectivity index (χ0n) is 8.29. The van der Waals surface area contributed by atoms with Crippen LogP contribution < -0.4 is 11.1 Å². The zero-order chi connectivity index (χ0) is 11.4. The molecule has 2 amide bonds. The molecule has 0 aliphatic carbocycles. The second kappa shape index (κ2) is 4.97. The number of aromatic nitrogens is 1. The summed E-state index contributed by atoms with van der Waals surface area (Å²) in [6.45, 7) is 2.47. The first-order valence-electron chi connectivity index (χ1n) is 4.46. The first-order chi connectivity index (χ1) is 7.04. The van der Waals surface area contributed by atoms with Gasteiger partial charge in [-0.25, -0.2) is 0 Å². The zero-order valence-corrected chi connectivity index (χ0v) is 9.87. The van der Waals surface area contributed by atoms with Crippen LogP contribution in [-0.4, -0.2) is 22.9 Å². The van der Waals surface area contributed by atoms with Crippen LogP contribution in [0.5, 0.6) is 0 Å². The van der Waals surface area contributed by atoms with Gasteiger partial charge in [-0.15, -0.1) is 0 Å². The molecule has 0 saturated heterocycles. The molecule has 0 spiro atoms. The van der Waals surface area contributed by atoms with E-state index in [4.69, 9.17) is 5.73 Å². The lowest BCUT2D eigenvalue weighted by Crippen LogP contribution is -2.34. The summed E-state index contributed by atoms with van der Waals surface area (Å²) < 4.78 is 2.61. The van der Waals surface area contributed by atoms with E-state index in [0.29, 0.717) is 12.2 Å². The molecule has 1 rings (SSSR count). The number of aryl methyl sites for hydroxylation is 1. The number of halogens is 1. The number of nitrogens with two attached hydrogens (primary N) is 1. The Balaban J connectivity index is 2.76. The fraction of sp³-hybridized carbons (Fsp3) is 0.333. The van der Waals surface area contributed by atoms with Gasteiger partial charge in [0.15, 0.2) is 0 Å². The normalized spacial score (nSPS) is 10.0. The van der Waals surface area contributed by atoms with Gasteiger partial charge in [0.2, 0.25) is 5.91 Å². The molecule has 0 aromatic carbocycles. The average molecular weight is 274 g/mol. The van der Waals surface area contributed by atoms with E-state index in [-0.39, 0.29) is 12.5 Å². The summed E-state index contributed by atoms with van der Waals surface area (Å²) in [5.41, 5.74) is 5.43. The Kier molecular flexibility index (Phi) is 3.90. The van der Waals surface area contributed by atoms with Crippen LogP contribution in [0, 0.1) is 0 Å². The van der Waals surface area contributed by atoms with Gasteiger partial charge in [-0.1, -0.05) is 0 Å². The van der Waals surface area contributed by atoms with Crippen LogP contribution in [0.3, 0.4) is 0 Å². The quantitative estimate of drug-likeness (QED) is 0.838. The molecule has 0 aliphatic rings. The first-order valence-corrected chi connectivity index (χ1v) is 5.26. The Bertz CT molecular complexity index is 387. The average Bonchev–Trinajstić information content (AvgIpc) is 2.56. The van der Waals surface area contributed by atoms with E-state index in [1.807, 2.05) is 6.92 Å². The van der Waals surface area contributed by atoms with Crippen LogP contribution in [0.2, 0.25) is 0 Å². The minimum Gasteiger partial charge on any atom is -0.368 e. The van der Waals surface area contributed by atoms with Gasteiger partial charge in [0.25, 0.3) is 5.91 Å². The molecule has 0 atom stereocenters. The molecule has 82 valence electrons. The van der Waals surface area contributed by atoms with Crippen molar-refractivity contribution in [2.45, 2.75) is 13.5 Å². The van der Waals surface area contributed by atoms with E-state index in [2.05, 4.69) is 21.2 Å². The van der Waals surface area contributed by atoms with Gasteiger partial charge in [-0.2, -0.15) is 0 Å². The third-order valence-corrected chi connectivity index (χ3v) is 2.29. The van der Waals surface area contributed by atoms with Gasteiger partial charge in [-0.05, 0) is 28.9 Å². The molecule has 1 aromatic rings. The fourth-order valence-corrected chi connectivity index (χ4v) is 1.65. The predicted octanol–water partition coefficient (Wildman–Crippen LogP) is 0.486. The van der Waals surface area contributed by atoms with Crippen molar-refractivity contribution >= 4 is 27.7 Å². The molecule has 6 heteroatoms. The standard InChI is InChI=1S/C9H12BrN3O2/c1-2-13-5-6(10)3-7(13)9(15)12-4-8(11)14/h3,5H,2,4H2,1H3,(H2,11,14)(H,12,15). The molecule has 3 N–H and O–H groups in total. The van der Waals surface area contributed by atoms with Crippen molar-refractivity contribution in [2.75, 3.05) is 6.54 Å². The summed E-state index contributed by atoms with van der Waals surface area (Å²) in [6, 6.07) is 1.69. The highest BCUT2D eigenvalue weighted by molar-refractivity contribution is 9.10. The van der Waals surface area contributed by atoms with Gasteiger partial charge in [-0.3, -0.25) is 9.59 Å². The minimum atomic E-state index is -0.558. The van der Waals surface area contributed by atoms with E-state index < -0.39 is 5.91 Å². The van der Waals surface area contributed by atoms with Gasteiger partial charge in [0.05, 0.1) is 6.54 Å². The minimum absolute atomic E-state index is 0.147. The summed E-state index contributed by atoms with van der Waals surface area (Å²) in [4.78, 5) is 22.1. The van der Waals surface area contributed by atoms with Crippen LogP contribution in [0.25, 0.3) is 0 Å². The number of carbonyl (C=O) groups excluding carboxylic acids is 2. The highest BCUT2D eigenvalue weighted by Crippen LogP contribution is 2.14. The van der Waals surface area contributed by atoms with Crippen molar-refractivity contribution in [3.63, 3.8) is 0 Å². The molecular weight excluding hydrogens is 262 g/mol. The maximum absolute atomic E-state index is 11.6. The largest absolute Gasteiger partial charge is 0.368 e. The summed E-state index contributed by atoms with van der Waals surface area (Å²) in [6.07, 6.45) is 1.80. The van der Waals surface area contributed by atoms with Crippen molar-refractivity contribution in [3.05, 3.63) is 22.4 Å². The lowest BCUT2D eigenvalue weighted by molar-refractivity contribution is -0.117. The summed E-state index contributed by atoms with van der Waals surface area (Å²) in [5, 5.41) is 2.43. The lowest BCUT2D eigenvalue weighted by atomic mass is 10.4. The molecule has 0 fully saturated rings. The third kappa shape index (κ3) is 3.09. The monoisotopic (exact) mass is 273 g/mol. The molecule has 0 unspecified atom stereocenters. The van der Waals surface area contributed by atoms with Crippen molar-refractivity contribution < 1.29 is 9.59 Å². The molecule has 0 bridgehead atoms. The summed E-state index contributed by atoms with van der Waals surface area (Å²) >= 11 is 3.28. The van der Waals surface area contributed by atoms with Crippen LogP contribution in [0.1, 0.15) is 17.4 Å². The van der Waals surface area contributed by atoms with Crippen LogP contribution in [0.15, 0.2) is 16.7 Å². The number of hydrogen-bond donors (Lipinski definition) is 2. The summed E-state index contributed by atoms with van der Waals surface area (Å²) in [5.74, 6) is -0.863. The van der Waals surface area contributed by atoms with Crippen LogP contribution in [-0.2, 0) is 11.3 Å². The van der Waals surface area contributed by atoms with Gasteiger partial charge in [0.1, 0.15) is 5.69 Å². The van der Waals surface area contributed by atoms with Crippen LogP contribution in [0.4, 0.5) is 0 Å². The van der Waals surface area contributed by atoms with Crippen molar-refractivity contribution in [2.24, 2.45) is 5.73 Å². The molecule has 1 heterocycles. The number of rotatable bonds is 4. The molecular formula is C9H12BrN3O2. The third-order valence-electron chi connectivity index (χ3n) is 1.86. The smallest absolute Gasteiger partial charge is 0.268 e. The Labute approximate surface area is 95.8 Å². The second-order valence-corrected chi connectivity index (χ2v) is 3.89. The van der Waals surface area contributed by atoms with Crippen molar-refractivity contribution in [3.8, 4) is 0 Å². The van der Waals surface area contributed by atoms with E-state index in [9.17, 15) is 9.59 Å². The van der Waals surface area contributed by atoms with Crippen LogP contribution >= 0.6 is 15.9 Å². The lowest BCUT2D eigenvalue weighted by Gasteiger charge is -2.05. The van der Waals surface area contributed by atoms with Gasteiger partial charge in [0, 0.05) is 17.2 Å². The van der Waals surface area contributed by atoms with Crippen molar-refractivity contribution in [1.82, 2.24) is 9.88 Å². The molecule has 0 saturated carbocycles. The molecule has 0 radical (unpaired) electrons. The molecule has 1 aromatic heterocycles. The van der Waals surface area contributed by atoms with E-state index in [1.54, 1.807) is 16.8 Å². The number of primary amides is 1. The fourth-order valence-electron chi connectivity index (χ4n) is 1.18. The van der Waals surface area contributed by atoms with E-state index in [0.717, 1.165) is 4.47 Å². The summed E-state index contributed by atoms with van der Waals surface area (Å²) in [7, 11) is 0. The number of carbonyl (C=O) groups is 2. The molecule has 0 aliphatic heterocycles. The SMILES string of the molecule is CCn1cc(Br)cc1C(=O)NCC(N)=O. The maximum Gasteiger partial charge on any atom is 0.268 e. The van der Waals surface area contributed by atoms with E-state index in [1.165, 1.54) is 0 Å². The highest BCUT2D eigenvalue weighted by Gasteiger charge is 2.12. The van der Waals surface area contributed by atoms with Crippen molar-refractivity contribution in [1.29, 1.82) is 0 Å². The van der Waals surface area contributed by atoms with Gasteiger partial charge < -0.3 is 15.6 Å². The number of nitrogens with zero attached hydrogens (tertiary/aromatic N) is 1. The predicted molar refractivity (Wildman–Crippen MR) is 59.3 cm³/mol. The second-order valence-electron chi connectivity index (χ2n) is 2.98. The Morgan fingerprint density at radius 2 is 2.27 bits per heavy atom. The first kappa shape index (κ1) is 11.8. The number of hydrogen-bond acceptors (Lipinski definition) is 2.